The van der Waals surface area contributed by atoms with Gasteiger partial charge in [-0.25, -0.2) is 22.0 Å². The van der Waals surface area contributed by atoms with Crippen LogP contribution in [0.2, 0.25) is 0 Å². The smallest absolute Gasteiger partial charge is 0.429 e. The van der Waals surface area contributed by atoms with Crippen molar-refractivity contribution in [3.63, 3.8) is 0 Å². The SMILES string of the molecule is Fc1cc(-c2ccc(OC(F)(F)c3c(F)cc(Br)cc3F)cc2)cc(F)c1F. The molecule has 0 aromatic heterocycles. The summed E-state index contributed by atoms with van der Waals surface area (Å²) in [7, 11) is 0. The van der Waals surface area contributed by atoms with Crippen LogP contribution in [-0.2, 0) is 6.11 Å². The third-order valence-electron chi connectivity index (χ3n) is 3.72. The summed E-state index contributed by atoms with van der Waals surface area (Å²) >= 11 is 2.78. The molecule has 3 rings (SSSR count). The van der Waals surface area contributed by atoms with E-state index >= 15 is 0 Å². The molecule has 28 heavy (non-hydrogen) atoms. The fraction of sp³-hybridized carbons (Fsp3) is 0.0526. The van der Waals surface area contributed by atoms with Gasteiger partial charge in [-0.15, -0.1) is 0 Å². The van der Waals surface area contributed by atoms with Crippen LogP contribution in [0, 0.1) is 29.1 Å². The zero-order valence-corrected chi connectivity index (χ0v) is 15.1. The molecule has 0 amide bonds. The summed E-state index contributed by atoms with van der Waals surface area (Å²) in [5, 5.41) is 0. The molecule has 146 valence electrons. The minimum absolute atomic E-state index is 0.0419. The van der Waals surface area contributed by atoms with Crippen LogP contribution in [0.25, 0.3) is 11.1 Å². The molecule has 0 bridgehead atoms. The fourth-order valence-electron chi connectivity index (χ4n) is 2.46. The first-order valence-corrected chi connectivity index (χ1v) is 8.34. The van der Waals surface area contributed by atoms with Gasteiger partial charge in [-0.3, -0.25) is 0 Å². The van der Waals surface area contributed by atoms with Gasteiger partial charge in [0.2, 0.25) is 0 Å². The van der Waals surface area contributed by atoms with Crippen LogP contribution in [-0.4, -0.2) is 0 Å². The standard InChI is InChI=1S/C19H8BrF7O/c20-11-7-13(21)17(14(22)8-11)19(26,27)28-12-3-1-9(2-4-12)10-5-15(23)18(25)16(24)6-10/h1-8H. The molecule has 0 fully saturated rings. The van der Waals surface area contributed by atoms with E-state index in [1.807, 2.05) is 0 Å². The number of hydrogen-bond acceptors (Lipinski definition) is 1. The maximum absolute atomic E-state index is 14.2. The van der Waals surface area contributed by atoms with Gasteiger partial charge in [-0.05, 0) is 47.5 Å². The topological polar surface area (TPSA) is 9.23 Å². The second-order valence-corrected chi connectivity index (χ2v) is 6.56. The maximum Gasteiger partial charge on any atom is 0.432 e. The van der Waals surface area contributed by atoms with E-state index in [0.717, 1.165) is 24.3 Å². The summed E-state index contributed by atoms with van der Waals surface area (Å²) in [6, 6.07) is 7.16. The molecule has 0 spiro atoms. The molecule has 3 aromatic rings. The van der Waals surface area contributed by atoms with Gasteiger partial charge in [0.1, 0.15) is 22.9 Å². The molecule has 0 N–H and O–H groups in total. The van der Waals surface area contributed by atoms with Crippen LogP contribution in [0.5, 0.6) is 5.75 Å². The molecule has 0 saturated heterocycles. The number of rotatable bonds is 4. The first-order chi connectivity index (χ1) is 13.1. The summed E-state index contributed by atoms with van der Waals surface area (Å²) in [4.78, 5) is 0. The zero-order valence-electron chi connectivity index (χ0n) is 13.6. The lowest BCUT2D eigenvalue weighted by molar-refractivity contribution is -0.189. The van der Waals surface area contributed by atoms with Crippen molar-refractivity contribution in [2.24, 2.45) is 0 Å². The summed E-state index contributed by atoms with van der Waals surface area (Å²) in [6.07, 6.45) is -4.33. The van der Waals surface area contributed by atoms with Crippen LogP contribution >= 0.6 is 15.9 Å². The van der Waals surface area contributed by atoms with Gasteiger partial charge in [-0.2, -0.15) is 8.78 Å². The number of halogens is 8. The van der Waals surface area contributed by atoms with E-state index in [4.69, 9.17) is 0 Å². The largest absolute Gasteiger partial charge is 0.432 e. The zero-order chi connectivity index (χ0) is 20.6. The van der Waals surface area contributed by atoms with E-state index < -0.39 is 46.5 Å². The van der Waals surface area contributed by atoms with Crippen molar-refractivity contribution in [1.29, 1.82) is 0 Å². The van der Waals surface area contributed by atoms with Crippen molar-refractivity contribution in [2.45, 2.75) is 6.11 Å². The molecule has 0 aliphatic rings. The minimum Gasteiger partial charge on any atom is -0.429 e. The lowest BCUT2D eigenvalue weighted by Gasteiger charge is -2.19. The highest BCUT2D eigenvalue weighted by Crippen LogP contribution is 2.36. The van der Waals surface area contributed by atoms with Crippen LogP contribution in [0.15, 0.2) is 53.0 Å². The van der Waals surface area contributed by atoms with Crippen molar-refractivity contribution in [3.05, 3.63) is 87.7 Å². The van der Waals surface area contributed by atoms with Gasteiger partial charge in [0.05, 0.1) is 0 Å². The number of alkyl halides is 2. The number of benzene rings is 3. The Morgan fingerprint density at radius 3 is 1.68 bits per heavy atom. The summed E-state index contributed by atoms with van der Waals surface area (Å²) in [5.41, 5.74) is -1.43. The van der Waals surface area contributed by atoms with Gasteiger partial charge in [0.25, 0.3) is 0 Å². The molecule has 0 radical (unpaired) electrons. The summed E-state index contributed by atoms with van der Waals surface area (Å²) in [5.74, 6) is -7.94. The van der Waals surface area contributed by atoms with E-state index in [-0.39, 0.29) is 15.6 Å². The van der Waals surface area contributed by atoms with Crippen LogP contribution < -0.4 is 4.74 Å². The van der Waals surface area contributed by atoms with Crippen molar-refractivity contribution >= 4 is 15.9 Å². The Labute approximate surface area is 162 Å². The van der Waals surface area contributed by atoms with E-state index in [1.54, 1.807) is 0 Å². The predicted octanol–water partition coefficient (Wildman–Crippen LogP) is 6.94. The predicted molar refractivity (Wildman–Crippen MR) is 90.3 cm³/mol. The highest BCUT2D eigenvalue weighted by Gasteiger charge is 2.41. The fourth-order valence-corrected chi connectivity index (χ4v) is 2.86. The molecule has 3 aromatic carbocycles. The lowest BCUT2D eigenvalue weighted by atomic mass is 10.1. The quantitative estimate of drug-likeness (QED) is 0.300. The van der Waals surface area contributed by atoms with Crippen LogP contribution in [0.3, 0.4) is 0 Å². The molecule has 9 heteroatoms. The first kappa shape index (κ1) is 20.2. The Morgan fingerprint density at radius 2 is 1.18 bits per heavy atom. The van der Waals surface area contributed by atoms with E-state index in [1.165, 1.54) is 12.1 Å². The molecule has 0 unspecified atom stereocenters. The Bertz CT molecular complexity index is 989. The monoisotopic (exact) mass is 464 g/mol. The highest BCUT2D eigenvalue weighted by atomic mass is 79.9. The normalized spacial score (nSPS) is 11.6. The van der Waals surface area contributed by atoms with Crippen molar-refractivity contribution < 1.29 is 35.5 Å². The van der Waals surface area contributed by atoms with Crippen molar-refractivity contribution in [3.8, 4) is 16.9 Å². The maximum atomic E-state index is 14.2. The number of hydrogen-bond donors (Lipinski definition) is 0. The average Bonchev–Trinajstić information content (AvgIpc) is 2.58. The summed E-state index contributed by atoms with van der Waals surface area (Å²) in [6.45, 7) is 0. The molecule has 1 nitrogen and oxygen atoms in total. The van der Waals surface area contributed by atoms with Gasteiger partial charge in [-0.1, -0.05) is 28.1 Å². The van der Waals surface area contributed by atoms with E-state index in [2.05, 4.69) is 20.7 Å². The molecule has 0 heterocycles. The third kappa shape index (κ3) is 3.99. The summed E-state index contributed by atoms with van der Waals surface area (Å²) < 4.78 is 99.9. The Kier molecular flexibility index (Phi) is 5.38. The van der Waals surface area contributed by atoms with Crippen LogP contribution in [0.1, 0.15) is 5.56 Å². The molecule has 0 saturated carbocycles. The van der Waals surface area contributed by atoms with Crippen molar-refractivity contribution in [2.75, 3.05) is 0 Å². The first-order valence-electron chi connectivity index (χ1n) is 7.55. The highest BCUT2D eigenvalue weighted by molar-refractivity contribution is 9.10. The van der Waals surface area contributed by atoms with Gasteiger partial charge in [0, 0.05) is 4.47 Å². The third-order valence-corrected chi connectivity index (χ3v) is 4.17. The average molecular weight is 465 g/mol. The lowest BCUT2D eigenvalue weighted by Crippen LogP contribution is -2.25. The molecular weight excluding hydrogens is 457 g/mol. The van der Waals surface area contributed by atoms with E-state index in [9.17, 15) is 30.7 Å². The van der Waals surface area contributed by atoms with Crippen molar-refractivity contribution in [1.82, 2.24) is 0 Å². The molecular formula is C19H8BrF7O. The van der Waals surface area contributed by atoms with Gasteiger partial charge in [0.15, 0.2) is 17.5 Å². The number of ether oxygens (including phenoxy) is 1. The van der Waals surface area contributed by atoms with Gasteiger partial charge < -0.3 is 4.74 Å². The minimum atomic E-state index is -4.33. The molecule has 0 aliphatic heterocycles. The second kappa shape index (κ2) is 7.46. The molecule has 0 atom stereocenters. The molecule has 0 aliphatic carbocycles. The Morgan fingerprint density at radius 1 is 0.679 bits per heavy atom. The van der Waals surface area contributed by atoms with E-state index in [0.29, 0.717) is 12.1 Å². The van der Waals surface area contributed by atoms with Gasteiger partial charge >= 0.3 is 6.11 Å². The van der Waals surface area contributed by atoms with Crippen LogP contribution in [0.4, 0.5) is 30.7 Å². The Hall–Kier alpha value is -2.55. The Balaban J connectivity index is 1.88. The second-order valence-electron chi connectivity index (χ2n) is 5.64.